The van der Waals surface area contributed by atoms with E-state index in [2.05, 4.69) is 10.6 Å². The number of hydrogen-bond donors (Lipinski definition) is 2. The van der Waals surface area contributed by atoms with Gasteiger partial charge in [0.2, 0.25) is 5.91 Å². The molecule has 0 spiro atoms. The van der Waals surface area contributed by atoms with Crippen molar-refractivity contribution in [3.63, 3.8) is 0 Å². The minimum atomic E-state index is -0.785. The van der Waals surface area contributed by atoms with Crippen LogP contribution in [0.1, 0.15) is 12.0 Å². The van der Waals surface area contributed by atoms with Crippen LogP contribution < -0.4 is 10.6 Å². The van der Waals surface area contributed by atoms with Crippen LogP contribution in [-0.4, -0.2) is 19.0 Å². The maximum Gasteiger partial charge on any atom is 0.225 e. The smallest absolute Gasteiger partial charge is 0.225 e. The Kier molecular flexibility index (Phi) is 6.50. The molecule has 0 atom stereocenters. The Labute approximate surface area is 138 Å². The van der Waals surface area contributed by atoms with Gasteiger partial charge >= 0.3 is 0 Å². The number of carbonyl (C=O) groups excluding carboxylic acids is 1. The van der Waals surface area contributed by atoms with Gasteiger partial charge in [-0.25, -0.2) is 8.78 Å². The van der Waals surface area contributed by atoms with Crippen LogP contribution in [0.2, 0.25) is 5.02 Å². The van der Waals surface area contributed by atoms with Gasteiger partial charge in [0.1, 0.15) is 17.3 Å². The molecule has 2 rings (SSSR count). The summed E-state index contributed by atoms with van der Waals surface area (Å²) in [4.78, 5) is 11.7. The molecule has 3 nitrogen and oxygen atoms in total. The molecular formula is C17H17ClF2N2O. The lowest BCUT2D eigenvalue weighted by molar-refractivity contribution is -0.116. The molecule has 0 heterocycles. The Bertz CT molecular complexity index is 659. The summed E-state index contributed by atoms with van der Waals surface area (Å²) in [5.74, 6) is -2.01. The van der Waals surface area contributed by atoms with Gasteiger partial charge in [0.05, 0.1) is 0 Å². The summed E-state index contributed by atoms with van der Waals surface area (Å²) in [6.45, 7) is 1.10. The highest BCUT2D eigenvalue weighted by Gasteiger charge is 2.11. The second kappa shape index (κ2) is 8.60. The molecule has 2 aromatic rings. The van der Waals surface area contributed by atoms with Gasteiger partial charge in [-0.1, -0.05) is 29.8 Å². The number of nitrogens with one attached hydrogen (secondary N) is 2. The van der Waals surface area contributed by atoms with Crippen molar-refractivity contribution in [3.8, 4) is 0 Å². The third-order valence-electron chi connectivity index (χ3n) is 3.24. The molecule has 0 saturated carbocycles. The van der Waals surface area contributed by atoms with Crippen molar-refractivity contribution in [2.45, 2.75) is 12.8 Å². The number of rotatable bonds is 7. The predicted octanol–water partition coefficient (Wildman–Crippen LogP) is 3.78. The number of hydrogen-bond acceptors (Lipinski definition) is 2. The molecule has 0 aliphatic carbocycles. The van der Waals surface area contributed by atoms with E-state index in [-0.39, 0.29) is 6.42 Å². The number of carbonyl (C=O) groups is 1. The van der Waals surface area contributed by atoms with Gasteiger partial charge in [0.25, 0.3) is 0 Å². The SMILES string of the molecule is O=C(CCNCCc1cccc(Cl)c1)Nc1c(F)cccc1F. The molecule has 0 radical (unpaired) electrons. The second-order valence-corrected chi connectivity index (χ2v) is 5.46. The Morgan fingerprint density at radius 1 is 1.04 bits per heavy atom. The normalized spacial score (nSPS) is 10.6. The lowest BCUT2D eigenvalue weighted by Crippen LogP contribution is -2.24. The first-order chi connectivity index (χ1) is 11.1. The van der Waals surface area contributed by atoms with Crippen molar-refractivity contribution in [1.82, 2.24) is 5.32 Å². The molecular weight excluding hydrogens is 322 g/mol. The van der Waals surface area contributed by atoms with Crippen molar-refractivity contribution in [1.29, 1.82) is 0 Å². The van der Waals surface area contributed by atoms with E-state index in [4.69, 9.17) is 11.6 Å². The van der Waals surface area contributed by atoms with Gasteiger partial charge in [0, 0.05) is 18.0 Å². The van der Waals surface area contributed by atoms with Crippen LogP contribution in [0, 0.1) is 11.6 Å². The molecule has 0 bridgehead atoms. The fourth-order valence-corrected chi connectivity index (χ4v) is 2.28. The molecule has 0 fully saturated rings. The van der Waals surface area contributed by atoms with Crippen LogP contribution in [0.3, 0.4) is 0 Å². The largest absolute Gasteiger partial charge is 0.321 e. The van der Waals surface area contributed by atoms with Gasteiger partial charge in [-0.05, 0) is 42.8 Å². The first kappa shape index (κ1) is 17.4. The van der Waals surface area contributed by atoms with Crippen LogP contribution in [-0.2, 0) is 11.2 Å². The Balaban J connectivity index is 1.69. The fourth-order valence-electron chi connectivity index (χ4n) is 2.07. The van der Waals surface area contributed by atoms with E-state index in [0.717, 1.165) is 24.1 Å². The van der Waals surface area contributed by atoms with E-state index in [9.17, 15) is 13.6 Å². The Morgan fingerprint density at radius 3 is 2.43 bits per heavy atom. The van der Waals surface area contributed by atoms with Gasteiger partial charge in [-0.3, -0.25) is 4.79 Å². The summed E-state index contributed by atoms with van der Waals surface area (Å²) in [6, 6.07) is 11.0. The first-order valence-corrected chi connectivity index (χ1v) is 7.63. The predicted molar refractivity (Wildman–Crippen MR) is 87.6 cm³/mol. The van der Waals surface area contributed by atoms with Gasteiger partial charge in [0.15, 0.2) is 0 Å². The standard InChI is InChI=1S/C17H17ClF2N2O/c18-13-4-1-3-12(11-13)7-9-21-10-8-16(23)22-17-14(19)5-2-6-15(17)20/h1-6,11,21H,7-10H2,(H,22,23). The number of amides is 1. The number of benzene rings is 2. The summed E-state index contributed by atoms with van der Waals surface area (Å²) in [7, 11) is 0. The highest BCUT2D eigenvalue weighted by atomic mass is 35.5. The van der Waals surface area contributed by atoms with Crippen molar-refractivity contribution >= 4 is 23.2 Å². The topological polar surface area (TPSA) is 41.1 Å². The van der Waals surface area contributed by atoms with Crippen LogP contribution in [0.15, 0.2) is 42.5 Å². The van der Waals surface area contributed by atoms with Crippen molar-refractivity contribution in [2.24, 2.45) is 0 Å². The third-order valence-corrected chi connectivity index (χ3v) is 3.47. The minimum absolute atomic E-state index is 0.128. The zero-order chi connectivity index (χ0) is 16.7. The van der Waals surface area contributed by atoms with Crippen molar-refractivity contribution < 1.29 is 13.6 Å². The van der Waals surface area contributed by atoms with E-state index in [0.29, 0.717) is 18.1 Å². The van der Waals surface area contributed by atoms with Crippen LogP contribution in [0.25, 0.3) is 0 Å². The molecule has 0 saturated heterocycles. The van der Waals surface area contributed by atoms with Crippen LogP contribution >= 0.6 is 11.6 Å². The molecule has 0 aromatic heterocycles. The Hall–Kier alpha value is -1.98. The average Bonchev–Trinajstić information content (AvgIpc) is 2.51. The molecule has 2 aromatic carbocycles. The van der Waals surface area contributed by atoms with E-state index >= 15 is 0 Å². The van der Waals surface area contributed by atoms with Gasteiger partial charge in [-0.15, -0.1) is 0 Å². The Morgan fingerprint density at radius 2 is 1.74 bits per heavy atom. The zero-order valence-corrected chi connectivity index (χ0v) is 13.2. The molecule has 0 unspecified atom stereocenters. The molecule has 122 valence electrons. The first-order valence-electron chi connectivity index (χ1n) is 7.25. The number of halogens is 3. The van der Waals surface area contributed by atoms with Gasteiger partial charge < -0.3 is 10.6 Å². The molecule has 0 aliphatic rings. The highest BCUT2D eigenvalue weighted by molar-refractivity contribution is 6.30. The van der Waals surface area contributed by atoms with Crippen molar-refractivity contribution in [2.75, 3.05) is 18.4 Å². The maximum atomic E-state index is 13.4. The summed E-state index contributed by atoms with van der Waals surface area (Å²) < 4.78 is 26.8. The fraction of sp³-hybridized carbons (Fsp3) is 0.235. The summed E-state index contributed by atoms with van der Waals surface area (Å²) in [5, 5.41) is 6.04. The molecule has 23 heavy (non-hydrogen) atoms. The highest BCUT2D eigenvalue weighted by Crippen LogP contribution is 2.17. The zero-order valence-electron chi connectivity index (χ0n) is 12.4. The molecule has 0 aliphatic heterocycles. The quantitative estimate of drug-likeness (QED) is 0.754. The third kappa shape index (κ3) is 5.62. The van der Waals surface area contributed by atoms with E-state index in [1.165, 1.54) is 6.07 Å². The summed E-state index contributed by atoms with van der Waals surface area (Å²) >= 11 is 5.89. The summed E-state index contributed by atoms with van der Waals surface area (Å²) in [6.07, 6.45) is 0.910. The van der Waals surface area contributed by atoms with Crippen LogP contribution in [0.4, 0.5) is 14.5 Å². The lowest BCUT2D eigenvalue weighted by Gasteiger charge is -2.08. The lowest BCUT2D eigenvalue weighted by atomic mass is 10.1. The number of para-hydroxylation sites is 1. The van der Waals surface area contributed by atoms with E-state index < -0.39 is 23.2 Å². The summed E-state index contributed by atoms with van der Waals surface area (Å²) in [5.41, 5.74) is 0.694. The molecule has 6 heteroatoms. The maximum absolute atomic E-state index is 13.4. The molecule has 1 amide bonds. The monoisotopic (exact) mass is 338 g/mol. The van der Waals surface area contributed by atoms with Crippen LogP contribution in [0.5, 0.6) is 0 Å². The minimum Gasteiger partial charge on any atom is -0.321 e. The van der Waals surface area contributed by atoms with Crippen molar-refractivity contribution in [3.05, 3.63) is 64.7 Å². The number of anilines is 1. The average molecular weight is 339 g/mol. The van der Waals surface area contributed by atoms with E-state index in [1.54, 1.807) is 0 Å². The second-order valence-electron chi connectivity index (χ2n) is 5.02. The van der Waals surface area contributed by atoms with Gasteiger partial charge in [-0.2, -0.15) is 0 Å². The van der Waals surface area contributed by atoms with E-state index in [1.807, 2.05) is 24.3 Å². The molecule has 2 N–H and O–H groups in total.